The Kier molecular flexibility index (Phi) is 5.30. The first-order valence-electron chi connectivity index (χ1n) is 7.28. The van der Waals surface area contributed by atoms with Crippen molar-refractivity contribution in [3.8, 4) is 5.75 Å². The molecule has 1 N–H and O–H groups in total. The van der Waals surface area contributed by atoms with E-state index >= 15 is 0 Å². The van der Waals surface area contributed by atoms with Crippen molar-refractivity contribution in [3.05, 3.63) is 28.8 Å². The highest BCUT2D eigenvalue weighted by Crippen LogP contribution is 2.44. The highest BCUT2D eigenvalue weighted by molar-refractivity contribution is 6.30. The fourth-order valence-electron chi connectivity index (χ4n) is 3.14. The summed E-state index contributed by atoms with van der Waals surface area (Å²) in [6.45, 7) is 2.57. The summed E-state index contributed by atoms with van der Waals surface area (Å²) in [5.41, 5.74) is 0.209. The molecule has 1 aliphatic rings. The van der Waals surface area contributed by atoms with Gasteiger partial charge in [0, 0.05) is 17.2 Å². The van der Waals surface area contributed by atoms with Crippen molar-refractivity contribution in [1.29, 1.82) is 0 Å². The lowest BCUT2D eigenvalue weighted by molar-refractivity contribution is -0.142. The smallest absolute Gasteiger partial charge is 0.124 e. The topological polar surface area (TPSA) is 38.7 Å². The number of ether oxygens (including phenoxy) is 2. The molecule has 0 bridgehead atoms. The minimum absolute atomic E-state index is 0.509. The maximum atomic E-state index is 10.9. The Labute approximate surface area is 125 Å². The second kappa shape index (κ2) is 6.79. The molecule has 0 saturated heterocycles. The highest BCUT2D eigenvalue weighted by atomic mass is 35.5. The van der Waals surface area contributed by atoms with Crippen LogP contribution >= 0.6 is 11.6 Å². The summed E-state index contributed by atoms with van der Waals surface area (Å²) in [6, 6.07) is 5.34. The first-order chi connectivity index (χ1) is 9.63. The molecule has 1 atom stereocenters. The Morgan fingerprint density at radius 1 is 1.30 bits per heavy atom. The van der Waals surface area contributed by atoms with Gasteiger partial charge in [0.1, 0.15) is 11.9 Å². The number of aliphatic hydroxyl groups is 1. The van der Waals surface area contributed by atoms with Crippen LogP contribution in [-0.2, 0) is 4.74 Å². The second-order valence-electron chi connectivity index (χ2n) is 5.35. The van der Waals surface area contributed by atoms with E-state index in [0.29, 0.717) is 17.4 Å². The Balaban J connectivity index is 2.36. The van der Waals surface area contributed by atoms with Gasteiger partial charge >= 0.3 is 0 Å². The molecule has 0 radical (unpaired) electrons. The van der Waals surface area contributed by atoms with E-state index in [1.165, 1.54) is 6.42 Å². The molecule has 112 valence electrons. The Bertz CT molecular complexity index is 436. The van der Waals surface area contributed by atoms with Gasteiger partial charge < -0.3 is 14.6 Å². The monoisotopic (exact) mass is 298 g/mol. The van der Waals surface area contributed by atoms with Crippen LogP contribution in [0.5, 0.6) is 5.75 Å². The van der Waals surface area contributed by atoms with Gasteiger partial charge in [-0.15, -0.1) is 0 Å². The van der Waals surface area contributed by atoms with E-state index in [4.69, 9.17) is 21.1 Å². The van der Waals surface area contributed by atoms with Crippen molar-refractivity contribution < 1.29 is 14.6 Å². The predicted octanol–water partition coefficient (Wildman–Crippen LogP) is 4.12. The van der Waals surface area contributed by atoms with Crippen molar-refractivity contribution in [2.24, 2.45) is 0 Å². The number of rotatable bonds is 5. The number of hydrogen-bond donors (Lipinski definition) is 1. The summed E-state index contributed by atoms with van der Waals surface area (Å²) in [7, 11) is 1.60. The largest absolute Gasteiger partial charge is 0.496 e. The first kappa shape index (κ1) is 15.6. The Morgan fingerprint density at radius 3 is 2.60 bits per heavy atom. The lowest BCUT2D eigenvalue weighted by Crippen LogP contribution is -2.41. The van der Waals surface area contributed by atoms with Crippen LogP contribution in [0.25, 0.3) is 0 Å². The number of benzene rings is 1. The molecule has 0 aromatic heterocycles. The normalized spacial score (nSPS) is 19.6. The molecular formula is C16H23ClO3. The van der Waals surface area contributed by atoms with Crippen molar-refractivity contribution in [3.63, 3.8) is 0 Å². The maximum Gasteiger partial charge on any atom is 0.124 e. The van der Waals surface area contributed by atoms with E-state index in [9.17, 15) is 5.11 Å². The van der Waals surface area contributed by atoms with Gasteiger partial charge in [-0.05, 0) is 38.0 Å². The van der Waals surface area contributed by atoms with Crippen LogP contribution in [0.4, 0.5) is 0 Å². The third-order valence-corrected chi connectivity index (χ3v) is 4.35. The Hall–Kier alpha value is -0.770. The molecule has 3 nitrogen and oxygen atoms in total. The number of halogens is 1. The van der Waals surface area contributed by atoms with E-state index in [-0.39, 0.29) is 0 Å². The standard InChI is InChI=1S/C16H23ClO3/c1-3-20-16(9-5-4-6-10-16)15(18)13-11-12(17)7-8-14(13)19-2/h7-8,11,15,18H,3-6,9-10H2,1-2H3. The fraction of sp³-hybridized carbons (Fsp3) is 0.625. The molecule has 0 spiro atoms. The zero-order valence-corrected chi connectivity index (χ0v) is 12.9. The third kappa shape index (κ3) is 3.11. The van der Waals surface area contributed by atoms with Gasteiger partial charge in [0.2, 0.25) is 0 Å². The molecule has 1 unspecified atom stereocenters. The minimum Gasteiger partial charge on any atom is -0.496 e. The molecule has 1 saturated carbocycles. The number of aliphatic hydroxyl groups excluding tert-OH is 1. The molecule has 4 heteroatoms. The minimum atomic E-state index is -0.712. The third-order valence-electron chi connectivity index (χ3n) is 4.12. The van der Waals surface area contributed by atoms with E-state index in [1.54, 1.807) is 25.3 Å². The Morgan fingerprint density at radius 2 is 2.00 bits per heavy atom. The lowest BCUT2D eigenvalue weighted by atomic mass is 9.78. The summed E-state index contributed by atoms with van der Waals surface area (Å²) in [5.74, 6) is 0.659. The fourth-order valence-corrected chi connectivity index (χ4v) is 3.32. The molecule has 2 rings (SSSR count). The van der Waals surface area contributed by atoms with Crippen LogP contribution in [0.2, 0.25) is 5.02 Å². The highest BCUT2D eigenvalue weighted by Gasteiger charge is 2.41. The quantitative estimate of drug-likeness (QED) is 0.888. The molecule has 0 heterocycles. The van der Waals surface area contributed by atoms with E-state index in [2.05, 4.69) is 0 Å². The van der Waals surface area contributed by atoms with E-state index in [0.717, 1.165) is 31.2 Å². The molecule has 0 aliphatic heterocycles. The van der Waals surface area contributed by atoms with Gasteiger partial charge in [0.25, 0.3) is 0 Å². The average molecular weight is 299 g/mol. The molecule has 1 aliphatic carbocycles. The summed E-state index contributed by atoms with van der Waals surface area (Å²) in [6.07, 6.45) is 4.40. The molecule has 1 aromatic rings. The summed E-state index contributed by atoms with van der Waals surface area (Å²) in [4.78, 5) is 0. The zero-order valence-electron chi connectivity index (χ0n) is 12.2. The van der Waals surface area contributed by atoms with Crippen molar-refractivity contribution in [1.82, 2.24) is 0 Å². The molecule has 0 amide bonds. The van der Waals surface area contributed by atoms with Gasteiger partial charge in [0.05, 0.1) is 12.7 Å². The summed E-state index contributed by atoms with van der Waals surface area (Å²) >= 11 is 6.07. The average Bonchev–Trinajstić information content (AvgIpc) is 2.47. The lowest BCUT2D eigenvalue weighted by Gasteiger charge is -2.41. The second-order valence-corrected chi connectivity index (χ2v) is 5.78. The van der Waals surface area contributed by atoms with Crippen molar-refractivity contribution >= 4 is 11.6 Å². The zero-order chi connectivity index (χ0) is 14.6. The van der Waals surface area contributed by atoms with E-state index in [1.807, 2.05) is 6.92 Å². The molecular weight excluding hydrogens is 276 g/mol. The predicted molar refractivity (Wildman–Crippen MR) is 80.4 cm³/mol. The van der Waals surface area contributed by atoms with Crippen LogP contribution in [0.15, 0.2) is 18.2 Å². The summed E-state index contributed by atoms with van der Waals surface area (Å²) < 4.78 is 11.3. The van der Waals surface area contributed by atoms with Gasteiger partial charge in [-0.25, -0.2) is 0 Å². The molecule has 1 fully saturated rings. The van der Waals surface area contributed by atoms with Crippen molar-refractivity contribution in [2.45, 2.75) is 50.7 Å². The number of hydrogen-bond acceptors (Lipinski definition) is 3. The van der Waals surface area contributed by atoms with Crippen LogP contribution in [0, 0.1) is 0 Å². The van der Waals surface area contributed by atoms with Crippen LogP contribution in [0.3, 0.4) is 0 Å². The first-order valence-corrected chi connectivity index (χ1v) is 7.66. The van der Waals surface area contributed by atoms with Gasteiger partial charge in [-0.2, -0.15) is 0 Å². The van der Waals surface area contributed by atoms with Crippen LogP contribution in [-0.4, -0.2) is 24.4 Å². The van der Waals surface area contributed by atoms with Gasteiger partial charge in [0.15, 0.2) is 0 Å². The molecule has 20 heavy (non-hydrogen) atoms. The maximum absolute atomic E-state index is 10.9. The SMILES string of the molecule is CCOC1(C(O)c2cc(Cl)ccc2OC)CCCCC1. The van der Waals surface area contributed by atoms with Gasteiger partial charge in [-0.3, -0.25) is 0 Å². The van der Waals surface area contributed by atoms with Gasteiger partial charge in [-0.1, -0.05) is 30.9 Å². The van der Waals surface area contributed by atoms with E-state index < -0.39 is 11.7 Å². The molecule has 1 aromatic carbocycles. The number of methoxy groups -OCH3 is 1. The van der Waals surface area contributed by atoms with Crippen molar-refractivity contribution in [2.75, 3.05) is 13.7 Å². The van der Waals surface area contributed by atoms with Crippen LogP contribution in [0.1, 0.15) is 50.7 Å². The summed E-state index contributed by atoms with van der Waals surface area (Å²) in [5, 5.41) is 11.5. The van der Waals surface area contributed by atoms with Crippen LogP contribution < -0.4 is 4.74 Å².